The highest BCUT2D eigenvalue weighted by Gasteiger charge is 2.10. The average molecular weight is 482 g/mol. The first-order valence-corrected chi connectivity index (χ1v) is 11.5. The molecular weight excluding hydrogens is 454 g/mol. The number of carbonyl (C=O) groups is 2. The van der Waals surface area contributed by atoms with Crippen LogP contribution in [0, 0.1) is 6.92 Å². The van der Waals surface area contributed by atoms with Crippen LogP contribution in [0.5, 0.6) is 11.5 Å². The van der Waals surface area contributed by atoms with Crippen molar-refractivity contribution in [2.24, 2.45) is 5.10 Å². The second-order valence-electron chi connectivity index (χ2n) is 8.13. The number of methoxy groups -OCH3 is 1. The Kier molecular flexibility index (Phi) is 7.93. The fourth-order valence-corrected chi connectivity index (χ4v) is 3.76. The van der Waals surface area contributed by atoms with Crippen LogP contribution in [0.1, 0.15) is 27.0 Å². The maximum absolute atomic E-state index is 12.2. The number of hydrogen-bond acceptors (Lipinski definition) is 5. The SMILES string of the molecule is COc1cc(/C=N/NC(=O)CNC(=O)c2ccccc2C)ccc1OCc1cccc2ccccc12. The largest absolute Gasteiger partial charge is 0.493 e. The molecule has 36 heavy (non-hydrogen) atoms. The van der Waals surface area contributed by atoms with Gasteiger partial charge in [0, 0.05) is 5.56 Å². The van der Waals surface area contributed by atoms with Crippen molar-refractivity contribution in [2.75, 3.05) is 13.7 Å². The molecule has 0 saturated heterocycles. The summed E-state index contributed by atoms with van der Waals surface area (Å²) in [6.45, 7) is 2.05. The van der Waals surface area contributed by atoms with E-state index < -0.39 is 5.91 Å². The summed E-state index contributed by atoms with van der Waals surface area (Å²) in [6, 6.07) is 26.9. The molecule has 182 valence electrons. The van der Waals surface area contributed by atoms with Gasteiger partial charge in [0.2, 0.25) is 0 Å². The summed E-state index contributed by atoms with van der Waals surface area (Å²) >= 11 is 0. The Bertz CT molecular complexity index is 1410. The predicted octanol–water partition coefficient (Wildman–Crippen LogP) is 4.62. The summed E-state index contributed by atoms with van der Waals surface area (Å²) in [5, 5.41) is 8.87. The molecule has 7 nitrogen and oxygen atoms in total. The first-order chi connectivity index (χ1) is 17.5. The molecule has 0 atom stereocenters. The van der Waals surface area contributed by atoms with Gasteiger partial charge in [0.05, 0.1) is 19.9 Å². The van der Waals surface area contributed by atoms with Crippen molar-refractivity contribution in [2.45, 2.75) is 13.5 Å². The molecule has 0 aliphatic carbocycles. The van der Waals surface area contributed by atoms with Crippen molar-refractivity contribution in [3.63, 3.8) is 0 Å². The van der Waals surface area contributed by atoms with Crippen molar-refractivity contribution in [3.8, 4) is 11.5 Å². The second kappa shape index (κ2) is 11.7. The summed E-state index contributed by atoms with van der Waals surface area (Å²) in [4.78, 5) is 24.3. The van der Waals surface area contributed by atoms with E-state index in [2.05, 4.69) is 34.0 Å². The number of fused-ring (bicyclic) bond motifs is 1. The van der Waals surface area contributed by atoms with Gasteiger partial charge in [0.1, 0.15) is 6.61 Å². The van der Waals surface area contributed by atoms with Crippen molar-refractivity contribution < 1.29 is 19.1 Å². The Morgan fingerprint density at radius 1 is 0.917 bits per heavy atom. The van der Waals surface area contributed by atoms with Crippen molar-refractivity contribution in [3.05, 3.63) is 107 Å². The molecule has 4 aromatic carbocycles. The van der Waals surface area contributed by atoms with Crippen LogP contribution in [0.25, 0.3) is 10.8 Å². The third kappa shape index (κ3) is 6.07. The smallest absolute Gasteiger partial charge is 0.259 e. The molecule has 0 saturated carbocycles. The van der Waals surface area contributed by atoms with E-state index in [0.717, 1.165) is 21.9 Å². The number of carbonyl (C=O) groups excluding carboxylic acids is 2. The van der Waals surface area contributed by atoms with Crippen molar-refractivity contribution >= 4 is 28.8 Å². The highest BCUT2D eigenvalue weighted by atomic mass is 16.5. The van der Waals surface area contributed by atoms with Gasteiger partial charge in [-0.2, -0.15) is 5.10 Å². The van der Waals surface area contributed by atoms with E-state index in [1.807, 2.05) is 49.4 Å². The first kappa shape index (κ1) is 24.5. The van der Waals surface area contributed by atoms with E-state index >= 15 is 0 Å². The van der Waals surface area contributed by atoms with Gasteiger partial charge in [-0.05, 0) is 58.7 Å². The van der Waals surface area contributed by atoms with Gasteiger partial charge >= 0.3 is 0 Å². The van der Waals surface area contributed by atoms with Crippen LogP contribution < -0.4 is 20.2 Å². The topological polar surface area (TPSA) is 89.0 Å². The third-order valence-electron chi connectivity index (χ3n) is 5.65. The number of nitrogens with one attached hydrogen (secondary N) is 2. The molecule has 4 aromatic rings. The maximum Gasteiger partial charge on any atom is 0.259 e. The first-order valence-electron chi connectivity index (χ1n) is 11.5. The fourth-order valence-electron chi connectivity index (χ4n) is 3.76. The number of hydrazone groups is 1. The fraction of sp³-hybridized carbons (Fsp3) is 0.138. The standard InChI is InChI=1S/C29H27N3O4/c1-20-8-3-5-12-24(20)29(34)30-18-28(33)32-31-17-21-14-15-26(27(16-21)35-2)36-19-23-11-7-10-22-9-4-6-13-25(22)23/h3-17H,18-19H2,1-2H3,(H,30,34)(H,32,33)/b31-17+. The molecule has 7 heteroatoms. The van der Waals surface area contributed by atoms with Crippen LogP contribution >= 0.6 is 0 Å². The van der Waals surface area contributed by atoms with Gasteiger partial charge in [-0.1, -0.05) is 60.7 Å². The molecule has 0 spiro atoms. The van der Waals surface area contributed by atoms with E-state index in [1.54, 1.807) is 31.4 Å². The molecular formula is C29H27N3O4. The van der Waals surface area contributed by atoms with E-state index in [1.165, 1.54) is 6.21 Å². The van der Waals surface area contributed by atoms with E-state index in [9.17, 15) is 9.59 Å². The molecule has 0 aliphatic rings. The average Bonchev–Trinajstić information content (AvgIpc) is 2.91. The molecule has 4 rings (SSSR count). The van der Waals surface area contributed by atoms with Crippen LogP contribution in [0.3, 0.4) is 0 Å². The van der Waals surface area contributed by atoms with Crippen molar-refractivity contribution in [1.29, 1.82) is 0 Å². The number of ether oxygens (including phenoxy) is 2. The summed E-state index contributed by atoms with van der Waals surface area (Å²) < 4.78 is 11.5. The van der Waals surface area contributed by atoms with Crippen LogP contribution in [0.2, 0.25) is 0 Å². The number of rotatable bonds is 9. The summed E-state index contributed by atoms with van der Waals surface area (Å²) in [6.07, 6.45) is 1.50. The van der Waals surface area contributed by atoms with Gasteiger partial charge in [0.25, 0.3) is 11.8 Å². The number of benzene rings is 4. The molecule has 2 amide bonds. The Labute approximate surface area is 209 Å². The third-order valence-corrected chi connectivity index (χ3v) is 5.65. The van der Waals surface area contributed by atoms with Crippen LogP contribution in [0.15, 0.2) is 90.0 Å². The van der Waals surface area contributed by atoms with E-state index in [0.29, 0.717) is 29.2 Å². The highest BCUT2D eigenvalue weighted by Crippen LogP contribution is 2.29. The number of nitrogens with zero attached hydrogens (tertiary/aromatic N) is 1. The van der Waals surface area contributed by atoms with Gasteiger partial charge < -0.3 is 14.8 Å². The molecule has 0 bridgehead atoms. The summed E-state index contributed by atoms with van der Waals surface area (Å²) in [5.41, 5.74) is 5.58. The summed E-state index contributed by atoms with van der Waals surface area (Å²) in [5.74, 6) is 0.410. The lowest BCUT2D eigenvalue weighted by atomic mass is 10.1. The number of hydrogen-bond donors (Lipinski definition) is 2. The minimum absolute atomic E-state index is 0.186. The molecule has 0 radical (unpaired) electrons. The van der Waals surface area contributed by atoms with Crippen molar-refractivity contribution in [1.82, 2.24) is 10.7 Å². The van der Waals surface area contributed by atoms with E-state index in [-0.39, 0.29) is 12.5 Å². The van der Waals surface area contributed by atoms with Gasteiger partial charge in [-0.3, -0.25) is 9.59 Å². The Hall–Kier alpha value is -4.65. The number of aryl methyl sites for hydroxylation is 1. The summed E-state index contributed by atoms with van der Waals surface area (Å²) in [7, 11) is 1.57. The zero-order chi connectivity index (χ0) is 25.3. The van der Waals surface area contributed by atoms with Crippen LogP contribution in [0.4, 0.5) is 0 Å². The number of amides is 2. The van der Waals surface area contributed by atoms with E-state index in [4.69, 9.17) is 9.47 Å². The van der Waals surface area contributed by atoms with Crippen LogP contribution in [-0.2, 0) is 11.4 Å². The van der Waals surface area contributed by atoms with Gasteiger partial charge in [-0.25, -0.2) is 5.43 Å². The Morgan fingerprint density at radius 2 is 1.69 bits per heavy atom. The normalized spacial score (nSPS) is 10.8. The monoisotopic (exact) mass is 481 g/mol. The molecule has 0 aliphatic heterocycles. The zero-order valence-electron chi connectivity index (χ0n) is 20.2. The lowest BCUT2D eigenvalue weighted by Crippen LogP contribution is -2.35. The molecule has 0 heterocycles. The molecule has 2 N–H and O–H groups in total. The van der Waals surface area contributed by atoms with Crippen LogP contribution in [-0.4, -0.2) is 31.7 Å². The Balaban J connectivity index is 1.32. The molecule has 0 aromatic heterocycles. The lowest BCUT2D eigenvalue weighted by Gasteiger charge is -2.12. The molecule has 0 fully saturated rings. The highest BCUT2D eigenvalue weighted by molar-refractivity contribution is 5.97. The second-order valence-corrected chi connectivity index (χ2v) is 8.13. The maximum atomic E-state index is 12.2. The lowest BCUT2D eigenvalue weighted by molar-refractivity contribution is -0.120. The quantitative estimate of drug-likeness (QED) is 0.270. The van der Waals surface area contributed by atoms with Gasteiger partial charge in [-0.15, -0.1) is 0 Å². The minimum Gasteiger partial charge on any atom is -0.493 e. The predicted molar refractivity (Wildman–Crippen MR) is 141 cm³/mol. The Morgan fingerprint density at radius 3 is 2.53 bits per heavy atom. The van der Waals surface area contributed by atoms with Gasteiger partial charge in [0.15, 0.2) is 11.5 Å². The zero-order valence-corrected chi connectivity index (χ0v) is 20.2. The minimum atomic E-state index is -0.435. The molecule has 0 unspecified atom stereocenters.